The summed E-state index contributed by atoms with van der Waals surface area (Å²) in [4.78, 5) is 12.6. The Kier molecular flexibility index (Phi) is 3.43. The van der Waals surface area contributed by atoms with Crippen LogP contribution in [0.3, 0.4) is 0 Å². The highest BCUT2D eigenvalue weighted by Crippen LogP contribution is 2.33. The smallest absolute Gasteiger partial charge is 0.186 e. The summed E-state index contributed by atoms with van der Waals surface area (Å²) >= 11 is 0. The van der Waals surface area contributed by atoms with Gasteiger partial charge in [-0.05, 0) is 47.5 Å². The van der Waals surface area contributed by atoms with Gasteiger partial charge >= 0.3 is 0 Å². The second-order valence-corrected chi connectivity index (χ2v) is 6.15. The Balaban J connectivity index is 1.63. The van der Waals surface area contributed by atoms with Gasteiger partial charge in [0.15, 0.2) is 5.65 Å². The van der Waals surface area contributed by atoms with Crippen LogP contribution in [0.4, 0.5) is 20.3 Å². The molecule has 4 aromatic rings. The van der Waals surface area contributed by atoms with Crippen molar-refractivity contribution >= 4 is 28.8 Å². The van der Waals surface area contributed by atoms with E-state index in [9.17, 15) is 8.78 Å². The first-order valence-electron chi connectivity index (χ1n) is 8.23. The molecule has 2 aromatic carbocycles. The molecule has 27 heavy (non-hydrogen) atoms. The molecule has 1 aliphatic heterocycles. The summed E-state index contributed by atoms with van der Waals surface area (Å²) in [6.07, 6.45) is 3.07. The van der Waals surface area contributed by atoms with Gasteiger partial charge in [0, 0.05) is 11.8 Å². The summed E-state index contributed by atoms with van der Waals surface area (Å²) in [5, 5.41) is 10.7. The lowest BCUT2D eigenvalue weighted by Gasteiger charge is -2.10. The maximum atomic E-state index is 14.5. The van der Waals surface area contributed by atoms with Crippen molar-refractivity contribution in [3.8, 4) is 11.3 Å². The van der Waals surface area contributed by atoms with Gasteiger partial charge in [0.05, 0.1) is 23.3 Å². The van der Waals surface area contributed by atoms with E-state index in [0.717, 1.165) is 16.7 Å². The average molecular weight is 362 g/mol. The molecule has 6 nitrogen and oxygen atoms in total. The molecule has 2 aromatic heterocycles. The first kappa shape index (κ1) is 15.6. The molecule has 0 saturated heterocycles. The minimum atomic E-state index is -0.391. The number of H-pyrrole nitrogens is 1. The molecular formula is C19H12F2N6. The molecule has 132 valence electrons. The Bertz CT molecular complexity index is 1200. The molecule has 0 aliphatic carbocycles. The summed E-state index contributed by atoms with van der Waals surface area (Å²) in [5.74, 6) is -0.321. The van der Waals surface area contributed by atoms with E-state index >= 15 is 0 Å². The zero-order valence-electron chi connectivity index (χ0n) is 13.9. The van der Waals surface area contributed by atoms with Gasteiger partial charge in [-0.15, -0.1) is 0 Å². The molecule has 8 heteroatoms. The van der Waals surface area contributed by atoms with Gasteiger partial charge < -0.3 is 5.32 Å². The van der Waals surface area contributed by atoms with Crippen molar-refractivity contribution in [2.24, 2.45) is 4.99 Å². The van der Waals surface area contributed by atoms with Crippen LogP contribution in [0.2, 0.25) is 0 Å². The van der Waals surface area contributed by atoms with Crippen LogP contribution in [0, 0.1) is 11.6 Å². The van der Waals surface area contributed by atoms with Crippen molar-refractivity contribution in [3.63, 3.8) is 0 Å². The number of anilines is 2. The zero-order valence-corrected chi connectivity index (χ0v) is 13.9. The van der Waals surface area contributed by atoms with Crippen LogP contribution in [0.15, 0.2) is 47.7 Å². The lowest BCUT2D eigenvalue weighted by molar-refractivity contribution is 0.628. The van der Waals surface area contributed by atoms with Crippen molar-refractivity contribution in [2.45, 2.75) is 6.54 Å². The predicted octanol–water partition coefficient (Wildman–Crippen LogP) is 3.97. The SMILES string of the molecule is Fc1ccc(-c2[nH]nc3ncnc(Nc4cc5c(cc4F)CN=C5)c23)cc1. The number of nitrogens with zero attached hydrogens (tertiary/aromatic N) is 4. The third-order valence-corrected chi connectivity index (χ3v) is 4.46. The highest BCUT2D eigenvalue weighted by atomic mass is 19.1. The molecule has 0 saturated carbocycles. The fraction of sp³-hybridized carbons (Fsp3) is 0.0526. The number of benzene rings is 2. The quantitative estimate of drug-likeness (QED) is 0.578. The maximum absolute atomic E-state index is 14.5. The van der Waals surface area contributed by atoms with E-state index in [0.29, 0.717) is 29.1 Å². The second kappa shape index (κ2) is 5.94. The highest BCUT2D eigenvalue weighted by Gasteiger charge is 2.17. The van der Waals surface area contributed by atoms with Gasteiger partial charge in [0.1, 0.15) is 23.8 Å². The van der Waals surface area contributed by atoms with Gasteiger partial charge in [-0.25, -0.2) is 18.7 Å². The number of aromatic amines is 1. The van der Waals surface area contributed by atoms with Crippen LogP contribution in [0.1, 0.15) is 11.1 Å². The lowest BCUT2D eigenvalue weighted by Crippen LogP contribution is -2.00. The molecule has 2 N–H and O–H groups in total. The molecule has 0 atom stereocenters. The first-order valence-corrected chi connectivity index (χ1v) is 8.23. The minimum absolute atomic E-state index is 0.286. The predicted molar refractivity (Wildman–Crippen MR) is 98.1 cm³/mol. The standard InChI is InChI=1S/C19H12F2N6/c20-13-3-1-10(2-4-13)17-16-18(23-9-24-19(16)27-26-17)25-15-6-12-8-22-7-11(12)5-14(15)21/h1-6,8-9H,7H2,(H2,23,24,25,26,27). The highest BCUT2D eigenvalue weighted by molar-refractivity contribution is 6.00. The van der Waals surface area contributed by atoms with E-state index in [1.54, 1.807) is 24.4 Å². The van der Waals surface area contributed by atoms with Gasteiger partial charge in [-0.2, -0.15) is 5.10 Å². The Morgan fingerprint density at radius 3 is 2.74 bits per heavy atom. The number of fused-ring (bicyclic) bond motifs is 2. The number of hydrogen-bond donors (Lipinski definition) is 2. The van der Waals surface area contributed by atoms with Crippen LogP contribution in [-0.2, 0) is 6.54 Å². The number of aliphatic imine (C=N–C) groups is 1. The summed E-state index contributed by atoms with van der Waals surface area (Å²) < 4.78 is 27.7. The maximum Gasteiger partial charge on any atom is 0.186 e. The van der Waals surface area contributed by atoms with E-state index in [2.05, 4.69) is 30.5 Å². The minimum Gasteiger partial charge on any atom is -0.337 e. The van der Waals surface area contributed by atoms with E-state index < -0.39 is 5.82 Å². The molecule has 0 radical (unpaired) electrons. The topological polar surface area (TPSA) is 78.8 Å². The lowest BCUT2D eigenvalue weighted by atomic mass is 10.1. The molecule has 0 bridgehead atoms. The summed E-state index contributed by atoms with van der Waals surface area (Å²) in [7, 11) is 0. The fourth-order valence-electron chi connectivity index (χ4n) is 3.13. The number of nitrogens with one attached hydrogen (secondary N) is 2. The van der Waals surface area contributed by atoms with E-state index in [4.69, 9.17) is 0 Å². The molecule has 0 amide bonds. The van der Waals surface area contributed by atoms with Crippen LogP contribution in [0.25, 0.3) is 22.3 Å². The molecule has 5 rings (SSSR count). The Labute approximate surface area is 152 Å². The van der Waals surface area contributed by atoms with Crippen molar-refractivity contribution in [2.75, 3.05) is 5.32 Å². The van der Waals surface area contributed by atoms with Crippen molar-refractivity contribution < 1.29 is 8.78 Å². The third kappa shape index (κ3) is 2.62. The van der Waals surface area contributed by atoms with Gasteiger partial charge in [-0.1, -0.05) is 0 Å². The average Bonchev–Trinajstić information content (AvgIpc) is 3.30. The van der Waals surface area contributed by atoms with E-state index in [1.165, 1.54) is 24.5 Å². The number of rotatable bonds is 3. The van der Waals surface area contributed by atoms with Gasteiger partial charge in [-0.3, -0.25) is 10.1 Å². The van der Waals surface area contributed by atoms with Crippen LogP contribution < -0.4 is 5.32 Å². The molecule has 0 spiro atoms. The number of hydrogen-bond acceptors (Lipinski definition) is 5. The summed E-state index contributed by atoms with van der Waals surface area (Å²) in [6, 6.07) is 9.15. The number of aromatic nitrogens is 4. The Morgan fingerprint density at radius 2 is 1.89 bits per heavy atom. The molecule has 1 aliphatic rings. The molecule has 3 heterocycles. The Hall–Kier alpha value is -3.68. The van der Waals surface area contributed by atoms with Crippen LogP contribution >= 0.6 is 0 Å². The van der Waals surface area contributed by atoms with E-state index in [-0.39, 0.29) is 11.5 Å². The molecule has 0 unspecified atom stereocenters. The van der Waals surface area contributed by atoms with Gasteiger partial charge in [0.2, 0.25) is 0 Å². The monoisotopic (exact) mass is 362 g/mol. The Morgan fingerprint density at radius 1 is 1.04 bits per heavy atom. The van der Waals surface area contributed by atoms with Crippen LogP contribution in [-0.4, -0.2) is 26.4 Å². The largest absolute Gasteiger partial charge is 0.337 e. The summed E-state index contributed by atoms with van der Waals surface area (Å²) in [6.45, 7) is 0.487. The van der Waals surface area contributed by atoms with Crippen molar-refractivity contribution in [3.05, 3.63) is 65.5 Å². The van der Waals surface area contributed by atoms with Gasteiger partial charge in [0.25, 0.3) is 0 Å². The van der Waals surface area contributed by atoms with Crippen LogP contribution in [0.5, 0.6) is 0 Å². The fourth-order valence-corrected chi connectivity index (χ4v) is 3.13. The van der Waals surface area contributed by atoms with Crippen molar-refractivity contribution in [1.29, 1.82) is 0 Å². The summed E-state index contributed by atoms with van der Waals surface area (Å²) in [5.41, 5.74) is 3.77. The molecule has 0 fully saturated rings. The second-order valence-electron chi connectivity index (χ2n) is 6.15. The normalized spacial score (nSPS) is 12.5. The third-order valence-electron chi connectivity index (χ3n) is 4.46. The molecular weight excluding hydrogens is 350 g/mol. The number of halogens is 2. The zero-order chi connectivity index (χ0) is 18.4. The van der Waals surface area contributed by atoms with E-state index in [1.807, 2.05) is 0 Å². The first-order chi connectivity index (χ1) is 13.2. The van der Waals surface area contributed by atoms with Crippen molar-refractivity contribution in [1.82, 2.24) is 20.2 Å².